The second-order valence-corrected chi connectivity index (χ2v) is 6.03. The van der Waals surface area contributed by atoms with Crippen molar-refractivity contribution in [1.82, 2.24) is 15.0 Å². The van der Waals surface area contributed by atoms with Crippen LogP contribution in [0.1, 0.15) is 17.0 Å². The van der Waals surface area contributed by atoms with Crippen LogP contribution in [-0.2, 0) is 11.3 Å². The van der Waals surface area contributed by atoms with Crippen LogP contribution in [0.2, 0.25) is 0 Å². The predicted octanol–water partition coefficient (Wildman–Crippen LogP) is 2.38. The lowest BCUT2D eigenvalue weighted by atomic mass is 10.1. The van der Waals surface area contributed by atoms with Crippen LogP contribution in [0.4, 0.5) is 32.3 Å². The van der Waals surface area contributed by atoms with Gasteiger partial charge in [0.2, 0.25) is 0 Å². The van der Waals surface area contributed by atoms with Gasteiger partial charge in [0.1, 0.15) is 23.0 Å². The van der Waals surface area contributed by atoms with Gasteiger partial charge in [0.05, 0.1) is 7.11 Å². The second-order valence-electron chi connectivity index (χ2n) is 6.03. The van der Waals surface area contributed by atoms with Crippen LogP contribution in [0.5, 0.6) is 0 Å². The van der Waals surface area contributed by atoms with E-state index in [-0.39, 0.29) is 41.2 Å². The standard InChI is InChI=1S/C19H19FN8O2/c1-30-19(29)26-14-15(22)27-18(28-16(14)23)13(21)11-6-4-8-24-17(11)25-9-10-5-2-3-7-12(10)20/h2-8,21H,9H2,1H3,(H,24,25)(H,26,29)(H4,22,23,27,28). The Kier molecular flexibility index (Phi) is 6.01. The molecule has 0 aliphatic carbocycles. The zero-order valence-corrected chi connectivity index (χ0v) is 15.9. The maximum Gasteiger partial charge on any atom is 0.411 e. The number of nitrogens with zero attached hydrogens (tertiary/aromatic N) is 3. The lowest BCUT2D eigenvalue weighted by Crippen LogP contribution is -2.19. The number of nitrogen functional groups attached to an aromatic ring is 2. The summed E-state index contributed by atoms with van der Waals surface area (Å²) in [6.45, 7) is 0.164. The Labute approximate surface area is 171 Å². The molecule has 0 unspecified atom stereocenters. The molecule has 0 spiro atoms. The number of pyridine rings is 1. The van der Waals surface area contributed by atoms with E-state index in [1.165, 1.54) is 19.4 Å². The topological polar surface area (TPSA) is 165 Å². The number of amides is 1. The average molecular weight is 410 g/mol. The minimum atomic E-state index is -0.785. The number of methoxy groups -OCH3 is 1. The minimum absolute atomic E-state index is 0.0116. The van der Waals surface area contributed by atoms with Gasteiger partial charge in [-0.25, -0.2) is 24.1 Å². The van der Waals surface area contributed by atoms with Crippen molar-refractivity contribution in [3.8, 4) is 0 Å². The van der Waals surface area contributed by atoms with Crippen LogP contribution in [0.15, 0.2) is 42.6 Å². The van der Waals surface area contributed by atoms with Gasteiger partial charge in [-0.05, 0) is 18.2 Å². The lowest BCUT2D eigenvalue weighted by Gasteiger charge is -2.14. The number of rotatable bonds is 6. The van der Waals surface area contributed by atoms with E-state index in [1.54, 1.807) is 30.3 Å². The third-order valence-corrected chi connectivity index (χ3v) is 4.08. The van der Waals surface area contributed by atoms with Gasteiger partial charge in [0.25, 0.3) is 0 Å². The molecule has 0 radical (unpaired) electrons. The number of hydrogen-bond acceptors (Lipinski definition) is 9. The number of ether oxygens (including phenoxy) is 1. The summed E-state index contributed by atoms with van der Waals surface area (Å²) in [5.74, 6) is -0.337. The molecule has 11 heteroatoms. The maximum atomic E-state index is 13.9. The van der Waals surface area contributed by atoms with Crippen molar-refractivity contribution in [3.63, 3.8) is 0 Å². The Morgan fingerprint density at radius 1 is 1.17 bits per heavy atom. The molecule has 0 aliphatic rings. The zero-order chi connectivity index (χ0) is 21.7. The number of carbonyl (C=O) groups excluding carboxylic acids is 1. The van der Waals surface area contributed by atoms with E-state index < -0.39 is 6.09 Å². The molecule has 0 aliphatic heterocycles. The van der Waals surface area contributed by atoms with Gasteiger partial charge in [-0.15, -0.1) is 0 Å². The molecule has 0 saturated carbocycles. The molecule has 1 amide bonds. The molecular formula is C19H19FN8O2. The molecule has 10 nitrogen and oxygen atoms in total. The van der Waals surface area contributed by atoms with Gasteiger partial charge in [-0.3, -0.25) is 10.7 Å². The highest BCUT2D eigenvalue weighted by Gasteiger charge is 2.19. The Morgan fingerprint density at radius 2 is 1.87 bits per heavy atom. The van der Waals surface area contributed by atoms with Crippen molar-refractivity contribution >= 4 is 34.9 Å². The van der Waals surface area contributed by atoms with Crippen LogP contribution < -0.4 is 22.1 Å². The normalized spacial score (nSPS) is 10.3. The summed E-state index contributed by atoms with van der Waals surface area (Å²) in [7, 11) is 1.19. The van der Waals surface area contributed by atoms with E-state index in [0.29, 0.717) is 16.9 Å². The maximum absolute atomic E-state index is 13.9. The number of carbonyl (C=O) groups is 1. The molecule has 7 N–H and O–H groups in total. The number of aromatic nitrogens is 3. The molecule has 0 atom stereocenters. The number of halogens is 1. The largest absolute Gasteiger partial charge is 0.453 e. The summed E-state index contributed by atoms with van der Waals surface area (Å²) in [5.41, 5.74) is 12.4. The third kappa shape index (κ3) is 4.41. The van der Waals surface area contributed by atoms with Crippen molar-refractivity contribution in [3.05, 3.63) is 65.4 Å². The first kappa shape index (κ1) is 20.5. The molecule has 1 aromatic carbocycles. The highest BCUT2D eigenvalue weighted by molar-refractivity contribution is 6.12. The average Bonchev–Trinajstić information content (AvgIpc) is 2.75. The first-order valence-electron chi connectivity index (χ1n) is 8.70. The molecule has 3 rings (SSSR count). The zero-order valence-electron chi connectivity index (χ0n) is 15.9. The second kappa shape index (κ2) is 8.82. The third-order valence-electron chi connectivity index (χ3n) is 4.08. The van der Waals surface area contributed by atoms with Gasteiger partial charge < -0.3 is 21.5 Å². The summed E-state index contributed by atoms with van der Waals surface area (Å²) in [6, 6.07) is 9.61. The predicted molar refractivity (Wildman–Crippen MR) is 111 cm³/mol. The van der Waals surface area contributed by atoms with E-state index in [1.807, 2.05) is 0 Å². The lowest BCUT2D eigenvalue weighted by molar-refractivity contribution is 0.187. The van der Waals surface area contributed by atoms with Crippen LogP contribution in [0, 0.1) is 11.2 Å². The number of anilines is 4. The van der Waals surface area contributed by atoms with Crippen molar-refractivity contribution in [2.45, 2.75) is 6.54 Å². The van der Waals surface area contributed by atoms with Crippen LogP contribution in [0.3, 0.4) is 0 Å². The molecule has 30 heavy (non-hydrogen) atoms. The SMILES string of the molecule is COC(=O)Nc1c(N)nc(C(=N)c2cccnc2NCc2ccccc2F)nc1N. The van der Waals surface area contributed by atoms with E-state index in [2.05, 4.69) is 30.3 Å². The Hall–Kier alpha value is -4.28. The molecule has 154 valence electrons. The molecule has 3 aromatic rings. The van der Waals surface area contributed by atoms with E-state index in [9.17, 15) is 9.18 Å². The summed E-state index contributed by atoms with van der Waals surface area (Å²) in [6.07, 6.45) is 0.750. The van der Waals surface area contributed by atoms with Crippen molar-refractivity contribution in [2.24, 2.45) is 0 Å². The molecule has 2 aromatic heterocycles. The highest BCUT2D eigenvalue weighted by atomic mass is 19.1. The van der Waals surface area contributed by atoms with Gasteiger partial charge in [-0.2, -0.15) is 0 Å². The van der Waals surface area contributed by atoms with Crippen LogP contribution >= 0.6 is 0 Å². The van der Waals surface area contributed by atoms with Gasteiger partial charge in [0.15, 0.2) is 17.5 Å². The fourth-order valence-corrected chi connectivity index (χ4v) is 2.58. The van der Waals surface area contributed by atoms with Crippen LogP contribution in [-0.4, -0.2) is 33.9 Å². The van der Waals surface area contributed by atoms with E-state index in [4.69, 9.17) is 16.9 Å². The van der Waals surface area contributed by atoms with E-state index >= 15 is 0 Å². The van der Waals surface area contributed by atoms with Crippen LogP contribution in [0.25, 0.3) is 0 Å². The van der Waals surface area contributed by atoms with E-state index in [0.717, 1.165) is 0 Å². The first-order valence-corrected chi connectivity index (χ1v) is 8.70. The number of nitrogens with one attached hydrogen (secondary N) is 3. The quantitative estimate of drug-likeness (QED) is 0.386. The van der Waals surface area contributed by atoms with Crippen molar-refractivity contribution in [2.75, 3.05) is 29.2 Å². The smallest absolute Gasteiger partial charge is 0.411 e. The Bertz CT molecular complexity index is 1080. The van der Waals surface area contributed by atoms with Crippen molar-refractivity contribution < 1.29 is 13.9 Å². The number of nitrogens with two attached hydrogens (primary N) is 2. The molecule has 0 saturated heterocycles. The number of hydrogen-bond donors (Lipinski definition) is 5. The molecular weight excluding hydrogens is 391 g/mol. The summed E-state index contributed by atoms with van der Waals surface area (Å²) in [4.78, 5) is 23.7. The summed E-state index contributed by atoms with van der Waals surface area (Å²) in [5, 5.41) is 13.8. The molecule has 0 bridgehead atoms. The molecule has 0 fully saturated rings. The Balaban J connectivity index is 1.87. The molecule has 2 heterocycles. The van der Waals surface area contributed by atoms with Gasteiger partial charge >= 0.3 is 6.09 Å². The summed E-state index contributed by atoms with van der Waals surface area (Å²) >= 11 is 0. The summed E-state index contributed by atoms with van der Waals surface area (Å²) < 4.78 is 18.4. The fraction of sp³-hybridized carbons (Fsp3) is 0.105. The minimum Gasteiger partial charge on any atom is -0.453 e. The van der Waals surface area contributed by atoms with Gasteiger partial charge in [-0.1, -0.05) is 18.2 Å². The highest BCUT2D eigenvalue weighted by Crippen LogP contribution is 2.24. The Morgan fingerprint density at radius 3 is 2.53 bits per heavy atom. The van der Waals surface area contributed by atoms with Crippen molar-refractivity contribution in [1.29, 1.82) is 5.41 Å². The monoisotopic (exact) mass is 410 g/mol. The number of benzene rings is 1. The first-order chi connectivity index (χ1) is 14.4. The van der Waals surface area contributed by atoms with Gasteiger partial charge in [0, 0.05) is 23.9 Å². The fourth-order valence-electron chi connectivity index (χ4n) is 2.58.